The Morgan fingerprint density at radius 1 is 1.03 bits per heavy atom. The summed E-state index contributed by atoms with van der Waals surface area (Å²) < 4.78 is 12.4. The van der Waals surface area contributed by atoms with Crippen LogP contribution in [0.5, 0.6) is 23.0 Å². The molecule has 1 fully saturated rings. The van der Waals surface area contributed by atoms with Crippen LogP contribution in [0.1, 0.15) is 29.4 Å². The number of ether oxygens (including phenoxy) is 2. The molecule has 35 heavy (non-hydrogen) atoms. The molecule has 2 heterocycles. The van der Waals surface area contributed by atoms with Crippen LogP contribution in [0.15, 0.2) is 71.6 Å². The van der Waals surface area contributed by atoms with Crippen molar-refractivity contribution in [3.63, 3.8) is 0 Å². The van der Waals surface area contributed by atoms with Crippen LogP contribution in [0.3, 0.4) is 0 Å². The molecule has 5 rings (SSSR count). The molecule has 1 saturated heterocycles. The van der Waals surface area contributed by atoms with Gasteiger partial charge in [-0.3, -0.25) is 4.90 Å². The largest absolute Gasteiger partial charge is 0.508 e. The van der Waals surface area contributed by atoms with E-state index in [1.54, 1.807) is 42.1 Å². The van der Waals surface area contributed by atoms with Gasteiger partial charge < -0.3 is 19.7 Å². The highest BCUT2D eigenvalue weighted by atomic mass is 32.2. The van der Waals surface area contributed by atoms with E-state index in [0.717, 1.165) is 47.2 Å². The van der Waals surface area contributed by atoms with Gasteiger partial charge in [-0.15, -0.1) is 24.1 Å². The fourth-order valence-corrected chi connectivity index (χ4v) is 6.10. The second-order valence-electron chi connectivity index (χ2n) is 9.23. The molecule has 4 atom stereocenters. The van der Waals surface area contributed by atoms with Crippen LogP contribution in [-0.4, -0.2) is 41.4 Å². The number of phenolic OH excluding ortho intramolecular Hbond substituents is 2. The molecular weight excluding hydrogens is 458 g/mol. The first-order valence-electron chi connectivity index (χ1n) is 11.9. The summed E-state index contributed by atoms with van der Waals surface area (Å²) in [6, 6.07) is 20.4. The molecule has 5 nitrogen and oxygen atoms in total. The summed E-state index contributed by atoms with van der Waals surface area (Å²) in [5.74, 6) is 5.72. The second-order valence-corrected chi connectivity index (χ2v) is 10.4. The molecule has 0 saturated carbocycles. The maximum Gasteiger partial charge on any atom is 0.140 e. The van der Waals surface area contributed by atoms with Crippen molar-refractivity contribution in [3.8, 4) is 35.3 Å². The average molecular weight is 488 g/mol. The first-order valence-corrected chi connectivity index (χ1v) is 12.7. The molecule has 0 amide bonds. The van der Waals surface area contributed by atoms with Gasteiger partial charge in [-0.1, -0.05) is 31.2 Å². The van der Waals surface area contributed by atoms with Gasteiger partial charge in [0.2, 0.25) is 0 Å². The summed E-state index contributed by atoms with van der Waals surface area (Å²) >= 11 is 1.62. The third-order valence-corrected chi connectivity index (χ3v) is 8.04. The summed E-state index contributed by atoms with van der Waals surface area (Å²) in [4.78, 5) is 3.24. The van der Waals surface area contributed by atoms with Gasteiger partial charge in [0.25, 0.3) is 0 Å². The van der Waals surface area contributed by atoms with Gasteiger partial charge in [0.15, 0.2) is 0 Å². The third-order valence-electron chi connectivity index (χ3n) is 6.70. The van der Waals surface area contributed by atoms with Crippen molar-refractivity contribution in [1.29, 1.82) is 0 Å². The SMILES string of the molecule is C#CC1CN(CCOc2ccc([C@@H]3Oc4ccc(O)cc4S[C@@H]3c3cccc(O)c3)cc2)C[C@H]1C. The predicted molar refractivity (Wildman–Crippen MR) is 138 cm³/mol. The Labute approximate surface area is 210 Å². The summed E-state index contributed by atoms with van der Waals surface area (Å²) in [7, 11) is 0. The molecule has 3 aromatic carbocycles. The van der Waals surface area contributed by atoms with Crippen LogP contribution in [0.25, 0.3) is 0 Å². The van der Waals surface area contributed by atoms with Gasteiger partial charge in [-0.05, 0) is 59.5 Å². The number of fused-ring (bicyclic) bond motifs is 1. The zero-order chi connectivity index (χ0) is 24.4. The Morgan fingerprint density at radius 3 is 2.57 bits per heavy atom. The van der Waals surface area contributed by atoms with Crippen molar-refractivity contribution in [3.05, 3.63) is 77.9 Å². The molecule has 6 heteroatoms. The molecule has 2 N–H and O–H groups in total. The molecule has 0 aromatic heterocycles. The van der Waals surface area contributed by atoms with Crippen LogP contribution >= 0.6 is 11.8 Å². The molecule has 0 bridgehead atoms. The van der Waals surface area contributed by atoms with Gasteiger partial charge in [-0.2, -0.15) is 0 Å². The van der Waals surface area contributed by atoms with Gasteiger partial charge in [0.1, 0.15) is 35.7 Å². The highest BCUT2D eigenvalue weighted by Gasteiger charge is 2.34. The number of likely N-dealkylation sites (tertiary alicyclic amines) is 1. The van der Waals surface area contributed by atoms with E-state index in [2.05, 4.69) is 17.7 Å². The fraction of sp³-hybridized carbons (Fsp3) is 0.310. The molecule has 1 unspecified atom stereocenters. The Bertz CT molecular complexity index is 1220. The highest BCUT2D eigenvalue weighted by molar-refractivity contribution is 7.99. The van der Waals surface area contributed by atoms with E-state index in [-0.39, 0.29) is 22.9 Å². The number of nitrogens with zero attached hydrogens (tertiary/aromatic N) is 1. The standard InChI is InChI=1S/C29H29NO4S/c1-3-20-18-30(17-19(20)2)13-14-33-25-10-7-21(8-11-25)28-29(22-5-4-6-23(31)15-22)35-27-16-24(32)9-12-26(27)34-28/h1,4-12,15-16,19-20,28-29,31-32H,13-14,17-18H2,2H3/t19-,20?,28+,29-/m1/s1. The van der Waals surface area contributed by atoms with Crippen LogP contribution in [0.4, 0.5) is 0 Å². The summed E-state index contributed by atoms with van der Waals surface area (Å²) in [6.45, 7) is 5.63. The van der Waals surface area contributed by atoms with Crippen molar-refractivity contribution < 1.29 is 19.7 Å². The van der Waals surface area contributed by atoms with Crippen molar-refractivity contribution in [2.45, 2.75) is 23.2 Å². The molecule has 0 spiro atoms. The van der Waals surface area contributed by atoms with E-state index in [1.165, 1.54) is 0 Å². The predicted octanol–water partition coefficient (Wildman–Crippen LogP) is 5.64. The molecular formula is C29H29NO4S. The molecule has 2 aliphatic rings. The maximum atomic E-state index is 10.1. The lowest BCUT2D eigenvalue weighted by Crippen LogP contribution is -2.26. The van der Waals surface area contributed by atoms with E-state index >= 15 is 0 Å². The zero-order valence-corrected chi connectivity index (χ0v) is 20.4. The van der Waals surface area contributed by atoms with Crippen molar-refractivity contribution >= 4 is 11.8 Å². The molecule has 0 radical (unpaired) electrons. The number of hydrogen-bond donors (Lipinski definition) is 2. The highest BCUT2D eigenvalue weighted by Crippen LogP contribution is 2.54. The lowest BCUT2D eigenvalue weighted by Gasteiger charge is -2.34. The lowest BCUT2D eigenvalue weighted by molar-refractivity contribution is 0.190. The van der Waals surface area contributed by atoms with E-state index in [4.69, 9.17) is 15.9 Å². The Morgan fingerprint density at radius 2 is 1.83 bits per heavy atom. The van der Waals surface area contributed by atoms with Gasteiger partial charge >= 0.3 is 0 Å². The average Bonchev–Trinajstić information content (AvgIpc) is 3.23. The molecule has 2 aliphatic heterocycles. The summed E-state index contributed by atoms with van der Waals surface area (Å²) in [5.41, 5.74) is 1.97. The Kier molecular flexibility index (Phi) is 6.81. The minimum absolute atomic E-state index is 0.0931. The molecule has 0 aliphatic carbocycles. The fourth-order valence-electron chi connectivity index (χ4n) is 4.78. The Hall–Kier alpha value is -3.27. The minimum atomic E-state index is -0.264. The van der Waals surface area contributed by atoms with E-state index in [9.17, 15) is 10.2 Å². The Balaban J connectivity index is 1.30. The van der Waals surface area contributed by atoms with Crippen molar-refractivity contribution in [2.75, 3.05) is 26.2 Å². The number of benzene rings is 3. The van der Waals surface area contributed by atoms with Crippen LogP contribution in [-0.2, 0) is 0 Å². The number of thioether (sulfide) groups is 1. The number of aromatic hydroxyl groups is 2. The van der Waals surface area contributed by atoms with Crippen LogP contribution in [0, 0.1) is 24.2 Å². The van der Waals surface area contributed by atoms with E-state index in [1.807, 2.05) is 36.4 Å². The normalized spacial score (nSPS) is 23.8. The number of rotatable bonds is 6. The van der Waals surface area contributed by atoms with Crippen molar-refractivity contribution in [1.82, 2.24) is 4.90 Å². The smallest absolute Gasteiger partial charge is 0.140 e. The first kappa shape index (κ1) is 23.5. The number of terminal acetylenes is 1. The minimum Gasteiger partial charge on any atom is -0.508 e. The summed E-state index contributed by atoms with van der Waals surface area (Å²) in [6.07, 6.45) is 5.36. The van der Waals surface area contributed by atoms with E-state index < -0.39 is 0 Å². The second kappa shape index (κ2) is 10.2. The third kappa shape index (κ3) is 5.22. The zero-order valence-electron chi connectivity index (χ0n) is 19.6. The topological polar surface area (TPSA) is 62.2 Å². The van der Waals surface area contributed by atoms with Crippen LogP contribution in [0.2, 0.25) is 0 Å². The van der Waals surface area contributed by atoms with Gasteiger partial charge in [-0.25, -0.2) is 0 Å². The van der Waals surface area contributed by atoms with E-state index in [0.29, 0.717) is 18.4 Å². The van der Waals surface area contributed by atoms with Crippen molar-refractivity contribution in [2.24, 2.45) is 11.8 Å². The number of phenols is 2. The van der Waals surface area contributed by atoms with Crippen LogP contribution < -0.4 is 9.47 Å². The van der Waals surface area contributed by atoms with Gasteiger partial charge in [0.05, 0.1) is 10.1 Å². The quantitative estimate of drug-likeness (QED) is 0.439. The first-order chi connectivity index (χ1) is 17.0. The molecule has 3 aromatic rings. The lowest BCUT2D eigenvalue weighted by atomic mass is 10.00. The van der Waals surface area contributed by atoms with Gasteiger partial charge in [0, 0.05) is 25.6 Å². The molecule has 180 valence electrons. The monoisotopic (exact) mass is 487 g/mol. The number of hydrogen-bond acceptors (Lipinski definition) is 6. The maximum absolute atomic E-state index is 10.1. The summed E-state index contributed by atoms with van der Waals surface area (Å²) in [5, 5.41) is 19.9.